The first kappa shape index (κ1) is 21.2. The highest BCUT2D eigenvalue weighted by Crippen LogP contribution is 2.23. The lowest BCUT2D eigenvalue weighted by molar-refractivity contribution is 0.0949. The zero-order valence-corrected chi connectivity index (χ0v) is 16.2. The lowest BCUT2D eigenvalue weighted by Crippen LogP contribution is -2.27. The van der Waals surface area contributed by atoms with Crippen molar-refractivity contribution in [2.45, 2.75) is 6.42 Å². The Bertz CT molecular complexity index is 827. The Labute approximate surface area is 163 Å². The van der Waals surface area contributed by atoms with E-state index in [1.165, 1.54) is 18.2 Å². The molecule has 3 amide bonds. The Kier molecular flexibility index (Phi) is 7.76. The van der Waals surface area contributed by atoms with Crippen LogP contribution in [0.1, 0.15) is 16.8 Å². The zero-order chi connectivity index (χ0) is 20.5. The third kappa shape index (κ3) is 5.95. The largest absolute Gasteiger partial charge is 0.385 e. The number of carbonyl (C=O) groups is 2. The SMILES string of the molecule is COCCCNC(=O)c1cc(NC(=O)Nc2ccccc2F)ccc1N(C)C. The molecule has 0 heterocycles. The van der Waals surface area contributed by atoms with Gasteiger partial charge in [-0.1, -0.05) is 12.1 Å². The molecule has 2 aromatic carbocycles. The molecule has 0 aliphatic rings. The van der Waals surface area contributed by atoms with E-state index < -0.39 is 11.8 Å². The fourth-order valence-corrected chi connectivity index (χ4v) is 2.55. The normalized spacial score (nSPS) is 10.3. The van der Waals surface area contributed by atoms with Crippen LogP contribution in [0, 0.1) is 5.82 Å². The molecule has 0 atom stereocenters. The summed E-state index contributed by atoms with van der Waals surface area (Å²) in [5.41, 5.74) is 1.62. The summed E-state index contributed by atoms with van der Waals surface area (Å²) in [6.07, 6.45) is 0.697. The quantitative estimate of drug-likeness (QED) is 0.606. The molecule has 0 spiro atoms. The first-order chi connectivity index (χ1) is 13.4. The van der Waals surface area contributed by atoms with Gasteiger partial charge in [0.05, 0.1) is 11.3 Å². The van der Waals surface area contributed by atoms with E-state index in [2.05, 4.69) is 16.0 Å². The van der Waals surface area contributed by atoms with Crippen LogP contribution in [0.15, 0.2) is 42.5 Å². The first-order valence-corrected chi connectivity index (χ1v) is 8.83. The molecule has 0 unspecified atom stereocenters. The van der Waals surface area contributed by atoms with Crippen LogP contribution in [0.25, 0.3) is 0 Å². The third-order valence-electron chi connectivity index (χ3n) is 3.91. The summed E-state index contributed by atoms with van der Waals surface area (Å²) in [6, 6.07) is 10.3. The molecule has 0 aromatic heterocycles. The molecule has 28 heavy (non-hydrogen) atoms. The number of ether oxygens (including phenoxy) is 1. The average Bonchev–Trinajstić information content (AvgIpc) is 2.66. The maximum atomic E-state index is 13.7. The number of para-hydroxylation sites is 1. The minimum absolute atomic E-state index is 0.0704. The Hall–Kier alpha value is -3.13. The molecule has 0 saturated heterocycles. The molecule has 0 radical (unpaired) electrons. The molecule has 2 rings (SSSR count). The Morgan fingerprint density at radius 1 is 1.11 bits per heavy atom. The molecular formula is C20H25FN4O3. The Morgan fingerprint density at radius 3 is 2.54 bits per heavy atom. The monoisotopic (exact) mass is 388 g/mol. The van der Waals surface area contributed by atoms with Gasteiger partial charge < -0.3 is 25.6 Å². The number of hydrogen-bond acceptors (Lipinski definition) is 4. The van der Waals surface area contributed by atoms with Gasteiger partial charge in [0.1, 0.15) is 5.82 Å². The predicted molar refractivity (Wildman–Crippen MR) is 109 cm³/mol. The van der Waals surface area contributed by atoms with Gasteiger partial charge in [-0.05, 0) is 36.8 Å². The van der Waals surface area contributed by atoms with Crippen molar-refractivity contribution in [3.63, 3.8) is 0 Å². The number of benzene rings is 2. The van der Waals surface area contributed by atoms with Gasteiger partial charge in [0, 0.05) is 45.7 Å². The van der Waals surface area contributed by atoms with E-state index in [9.17, 15) is 14.0 Å². The van der Waals surface area contributed by atoms with Crippen molar-refractivity contribution in [1.82, 2.24) is 5.32 Å². The van der Waals surface area contributed by atoms with Crippen LogP contribution in [0.4, 0.5) is 26.2 Å². The topological polar surface area (TPSA) is 82.7 Å². The van der Waals surface area contributed by atoms with Gasteiger partial charge >= 0.3 is 6.03 Å². The Balaban J connectivity index is 2.11. The van der Waals surface area contributed by atoms with E-state index in [4.69, 9.17) is 4.74 Å². The second-order valence-electron chi connectivity index (χ2n) is 6.29. The fourth-order valence-electron chi connectivity index (χ4n) is 2.55. The second-order valence-corrected chi connectivity index (χ2v) is 6.29. The van der Waals surface area contributed by atoms with E-state index in [-0.39, 0.29) is 11.6 Å². The minimum Gasteiger partial charge on any atom is -0.385 e. The van der Waals surface area contributed by atoms with Crippen molar-refractivity contribution in [2.24, 2.45) is 0 Å². The van der Waals surface area contributed by atoms with E-state index in [0.29, 0.717) is 36.5 Å². The summed E-state index contributed by atoms with van der Waals surface area (Å²) < 4.78 is 18.6. The van der Waals surface area contributed by atoms with Crippen LogP contribution >= 0.6 is 0 Å². The molecule has 7 nitrogen and oxygen atoms in total. The average molecular weight is 388 g/mol. The standard InChI is InChI=1S/C20H25FN4O3/c1-25(2)18-10-9-14(13-15(18)19(26)22-11-6-12-28-3)23-20(27)24-17-8-5-4-7-16(17)21/h4-5,7-10,13H,6,11-12H2,1-3H3,(H,22,26)(H2,23,24,27). The van der Waals surface area contributed by atoms with Gasteiger partial charge in [0.15, 0.2) is 0 Å². The highest BCUT2D eigenvalue weighted by molar-refractivity contribution is 6.04. The van der Waals surface area contributed by atoms with Crippen LogP contribution in [0.5, 0.6) is 0 Å². The van der Waals surface area contributed by atoms with Crippen molar-refractivity contribution in [3.05, 3.63) is 53.8 Å². The number of nitrogens with one attached hydrogen (secondary N) is 3. The van der Waals surface area contributed by atoms with Crippen LogP contribution < -0.4 is 20.9 Å². The van der Waals surface area contributed by atoms with Gasteiger partial charge in [0.25, 0.3) is 5.91 Å². The molecule has 0 saturated carbocycles. The van der Waals surface area contributed by atoms with Crippen LogP contribution in [0.2, 0.25) is 0 Å². The molecule has 0 aliphatic carbocycles. The molecular weight excluding hydrogens is 363 g/mol. The molecule has 0 aliphatic heterocycles. The van der Waals surface area contributed by atoms with E-state index in [1.54, 1.807) is 31.4 Å². The molecule has 3 N–H and O–H groups in total. The molecule has 0 fully saturated rings. The lowest BCUT2D eigenvalue weighted by Gasteiger charge is -2.18. The van der Waals surface area contributed by atoms with E-state index >= 15 is 0 Å². The fraction of sp³-hybridized carbons (Fsp3) is 0.300. The highest BCUT2D eigenvalue weighted by Gasteiger charge is 2.15. The summed E-state index contributed by atoms with van der Waals surface area (Å²) in [5, 5.41) is 7.90. The van der Waals surface area contributed by atoms with Crippen molar-refractivity contribution in [2.75, 3.05) is 49.9 Å². The molecule has 8 heteroatoms. The van der Waals surface area contributed by atoms with Gasteiger partial charge in [-0.3, -0.25) is 4.79 Å². The number of carbonyl (C=O) groups excluding carboxylic acids is 2. The van der Waals surface area contributed by atoms with Crippen molar-refractivity contribution >= 4 is 29.0 Å². The number of urea groups is 1. The minimum atomic E-state index is -0.603. The predicted octanol–water partition coefficient (Wildman–Crippen LogP) is 3.30. The maximum absolute atomic E-state index is 13.7. The van der Waals surface area contributed by atoms with Crippen LogP contribution in [-0.2, 0) is 4.74 Å². The van der Waals surface area contributed by atoms with Crippen molar-refractivity contribution in [3.8, 4) is 0 Å². The molecule has 0 bridgehead atoms. The maximum Gasteiger partial charge on any atom is 0.323 e. The smallest absolute Gasteiger partial charge is 0.323 e. The first-order valence-electron chi connectivity index (χ1n) is 8.83. The summed E-state index contributed by atoms with van der Waals surface area (Å²) in [4.78, 5) is 26.5. The molecule has 2 aromatic rings. The Morgan fingerprint density at radius 2 is 1.86 bits per heavy atom. The number of amides is 3. The lowest BCUT2D eigenvalue weighted by atomic mass is 10.1. The summed E-state index contributed by atoms with van der Waals surface area (Å²) in [5.74, 6) is -0.783. The number of rotatable bonds is 8. The van der Waals surface area contributed by atoms with Crippen molar-refractivity contribution < 1.29 is 18.7 Å². The number of methoxy groups -OCH3 is 1. The summed E-state index contributed by atoms with van der Waals surface area (Å²) in [6.45, 7) is 1.03. The van der Waals surface area contributed by atoms with Gasteiger partial charge in [-0.15, -0.1) is 0 Å². The van der Waals surface area contributed by atoms with Crippen LogP contribution in [-0.4, -0.2) is 46.3 Å². The van der Waals surface area contributed by atoms with Gasteiger partial charge in [-0.25, -0.2) is 9.18 Å². The second kappa shape index (κ2) is 10.3. The van der Waals surface area contributed by atoms with E-state index in [0.717, 1.165) is 0 Å². The number of halogens is 1. The zero-order valence-electron chi connectivity index (χ0n) is 16.2. The summed E-state index contributed by atoms with van der Waals surface area (Å²) >= 11 is 0. The van der Waals surface area contributed by atoms with E-state index in [1.807, 2.05) is 19.0 Å². The number of anilines is 3. The van der Waals surface area contributed by atoms with Crippen LogP contribution in [0.3, 0.4) is 0 Å². The third-order valence-corrected chi connectivity index (χ3v) is 3.91. The van der Waals surface area contributed by atoms with Gasteiger partial charge in [0.2, 0.25) is 0 Å². The number of nitrogens with zero attached hydrogens (tertiary/aromatic N) is 1. The summed E-state index contributed by atoms with van der Waals surface area (Å²) in [7, 11) is 5.26. The number of hydrogen-bond donors (Lipinski definition) is 3. The highest BCUT2D eigenvalue weighted by atomic mass is 19.1. The van der Waals surface area contributed by atoms with Gasteiger partial charge in [-0.2, -0.15) is 0 Å². The van der Waals surface area contributed by atoms with Crippen molar-refractivity contribution in [1.29, 1.82) is 0 Å². The molecule has 150 valence electrons.